The van der Waals surface area contributed by atoms with Gasteiger partial charge in [-0.25, -0.2) is 0 Å². The van der Waals surface area contributed by atoms with Crippen molar-refractivity contribution in [3.8, 4) is 0 Å². The quantitative estimate of drug-likeness (QED) is 0.823. The van der Waals surface area contributed by atoms with Gasteiger partial charge in [0.15, 0.2) is 0 Å². The number of carbonyl (C=O) groups is 2. The molecule has 1 aliphatic heterocycles. The smallest absolute Gasteiger partial charge is 0.254 e. The summed E-state index contributed by atoms with van der Waals surface area (Å²) >= 11 is 1.68. The summed E-state index contributed by atoms with van der Waals surface area (Å²) in [4.78, 5) is 28.2. The van der Waals surface area contributed by atoms with Crippen LogP contribution in [0.15, 0.2) is 53.4 Å². The summed E-state index contributed by atoms with van der Waals surface area (Å²) in [6, 6.07) is 15.5. The number of likely N-dealkylation sites (tertiary alicyclic amines) is 1. The molecule has 4 nitrogen and oxygen atoms in total. The first-order valence-corrected chi connectivity index (χ1v) is 10.1. The normalized spacial score (nSPS) is 14.9. The molecule has 2 amide bonds. The Balaban J connectivity index is 1.55. The Morgan fingerprint density at radius 2 is 1.69 bits per heavy atom. The number of hydrogen-bond acceptors (Lipinski definition) is 3. The van der Waals surface area contributed by atoms with Gasteiger partial charge >= 0.3 is 0 Å². The zero-order valence-electron chi connectivity index (χ0n) is 15.2. The lowest BCUT2D eigenvalue weighted by molar-refractivity contribution is -0.121. The monoisotopic (exact) mass is 368 g/mol. The Hall–Kier alpha value is -2.27. The Morgan fingerprint density at radius 1 is 1.04 bits per heavy atom. The van der Waals surface area contributed by atoms with Gasteiger partial charge in [0.1, 0.15) is 0 Å². The third-order valence-corrected chi connectivity index (χ3v) is 5.63. The highest BCUT2D eigenvalue weighted by Gasteiger charge is 2.28. The van der Waals surface area contributed by atoms with Gasteiger partial charge in [0.2, 0.25) is 5.91 Å². The van der Waals surface area contributed by atoms with E-state index in [9.17, 15) is 9.59 Å². The van der Waals surface area contributed by atoms with Gasteiger partial charge in [-0.15, -0.1) is 11.8 Å². The summed E-state index contributed by atoms with van der Waals surface area (Å²) in [5.41, 5.74) is 2.57. The minimum atomic E-state index is -0.0452. The number of nitrogens with one attached hydrogen (secondary N) is 1. The highest BCUT2D eigenvalue weighted by atomic mass is 32.2. The second-order valence-electron chi connectivity index (χ2n) is 6.60. The van der Waals surface area contributed by atoms with E-state index in [0.717, 1.165) is 16.8 Å². The van der Waals surface area contributed by atoms with E-state index < -0.39 is 0 Å². The third-order valence-electron chi connectivity index (χ3n) is 4.89. The first-order valence-electron chi connectivity index (χ1n) is 8.88. The maximum absolute atomic E-state index is 12.7. The van der Waals surface area contributed by atoms with Crippen molar-refractivity contribution in [1.29, 1.82) is 0 Å². The van der Waals surface area contributed by atoms with Crippen LogP contribution in [0.5, 0.6) is 0 Å². The molecule has 0 aliphatic carbocycles. The topological polar surface area (TPSA) is 49.4 Å². The largest absolute Gasteiger partial charge is 0.339 e. The van der Waals surface area contributed by atoms with Crippen LogP contribution in [-0.2, 0) is 4.79 Å². The molecule has 136 valence electrons. The molecule has 0 saturated carbocycles. The van der Waals surface area contributed by atoms with Crippen LogP contribution in [-0.4, -0.2) is 36.1 Å². The van der Waals surface area contributed by atoms with Crippen molar-refractivity contribution in [1.82, 2.24) is 4.90 Å². The summed E-state index contributed by atoms with van der Waals surface area (Å²) in [5, 5.41) is 3.00. The maximum Gasteiger partial charge on any atom is 0.254 e. The van der Waals surface area contributed by atoms with Crippen LogP contribution in [0.4, 0.5) is 5.69 Å². The Labute approximate surface area is 159 Å². The number of carbonyl (C=O) groups excluding carboxylic acids is 2. The summed E-state index contributed by atoms with van der Waals surface area (Å²) in [6.45, 7) is 3.20. The second-order valence-corrected chi connectivity index (χ2v) is 7.48. The predicted octanol–water partition coefficient (Wildman–Crippen LogP) is 4.21. The van der Waals surface area contributed by atoms with Gasteiger partial charge < -0.3 is 10.2 Å². The molecule has 26 heavy (non-hydrogen) atoms. The second kappa shape index (κ2) is 8.41. The van der Waals surface area contributed by atoms with E-state index >= 15 is 0 Å². The van der Waals surface area contributed by atoms with E-state index in [0.29, 0.717) is 25.9 Å². The average molecular weight is 369 g/mol. The molecule has 1 aliphatic rings. The summed E-state index contributed by atoms with van der Waals surface area (Å²) in [7, 11) is 0. The standard InChI is InChI=1S/C21H24N2O2S/c1-15-5-3-4-6-19(15)21(25)23-13-11-16(12-14-23)20(24)22-17-7-9-18(26-2)10-8-17/h3-10,16H,11-14H2,1-2H3,(H,22,24). The van der Waals surface area contributed by atoms with E-state index in [1.807, 2.05) is 66.6 Å². The molecule has 0 atom stereocenters. The van der Waals surface area contributed by atoms with Crippen LogP contribution < -0.4 is 5.32 Å². The molecule has 1 fully saturated rings. The molecule has 0 bridgehead atoms. The predicted molar refractivity (Wildman–Crippen MR) is 107 cm³/mol. The van der Waals surface area contributed by atoms with E-state index in [4.69, 9.17) is 0 Å². The van der Waals surface area contributed by atoms with Crippen LogP contribution in [0.1, 0.15) is 28.8 Å². The van der Waals surface area contributed by atoms with Crippen LogP contribution in [0, 0.1) is 12.8 Å². The minimum absolute atomic E-state index is 0.0452. The summed E-state index contributed by atoms with van der Waals surface area (Å²) in [5.74, 6) is 0.0654. The van der Waals surface area contributed by atoms with Gasteiger partial charge in [0.25, 0.3) is 5.91 Å². The molecule has 0 unspecified atom stereocenters. The Kier molecular flexibility index (Phi) is 5.99. The van der Waals surface area contributed by atoms with Gasteiger partial charge in [-0.05, 0) is 61.9 Å². The Morgan fingerprint density at radius 3 is 2.31 bits per heavy atom. The first-order chi connectivity index (χ1) is 12.6. The summed E-state index contributed by atoms with van der Waals surface area (Å²) < 4.78 is 0. The number of benzene rings is 2. The number of hydrogen-bond donors (Lipinski definition) is 1. The molecule has 2 aromatic carbocycles. The molecule has 1 heterocycles. The Bertz CT molecular complexity index is 781. The molecule has 0 spiro atoms. The number of anilines is 1. The van der Waals surface area contributed by atoms with Crippen molar-refractivity contribution >= 4 is 29.3 Å². The first kappa shape index (κ1) is 18.5. The number of piperidine rings is 1. The molecule has 0 aromatic heterocycles. The highest BCUT2D eigenvalue weighted by Crippen LogP contribution is 2.23. The van der Waals surface area contributed by atoms with Crippen molar-refractivity contribution in [2.75, 3.05) is 24.7 Å². The molecule has 1 saturated heterocycles. The summed E-state index contributed by atoms with van der Waals surface area (Å²) in [6.07, 6.45) is 3.43. The fraction of sp³-hybridized carbons (Fsp3) is 0.333. The van der Waals surface area contributed by atoms with Crippen LogP contribution in [0.2, 0.25) is 0 Å². The zero-order valence-corrected chi connectivity index (χ0v) is 16.0. The molecular formula is C21H24N2O2S. The average Bonchev–Trinajstić information content (AvgIpc) is 2.68. The number of rotatable bonds is 4. The SMILES string of the molecule is CSc1ccc(NC(=O)C2CCN(C(=O)c3ccccc3C)CC2)cc1. The molecule has 0 radical (unpaired) electrons. The van der Waals surface area contributed by atoms with Crippen molar-refractivity contribution < 1.29 is 9.59 Å². The van der Waals surface area contributed by atoms with Crippen molar-refractivity contribution in [2.24, 2.45) is 5.92 Å². The van der Waals surface area contributed by atoms with Crippen LogP contribution >= 0.6 is 11.8 Å². The van der Waals surface area contributed by atoms with Crippen molar-refractivity contribution in [3.63, 3.8) is 0 Å². The van der Waals surface area contributed by atoms with E-state index in [2.05, 4.69) is 5.32 Å². The fourth-order valence-corrected chi connectivity index (χ4v) is 3.65. The van der Waals surface area contributed by atoms with Gasteiger partial charge in [-0.3, -0.25) is 9.59 Å². The third kappa shape index (κ3) is 4.28. The van der Waals surface area contributed by atoms with Gasteiger partial charge in [0.05, 0.1) is 0 Å². The lowest BCUT2D eigenvalue weighted by Crippen LogP contribution is -2.41. The maximum atomic E-state index is 12.7. The van der Waals surface area contributed by atoms with Gasteiger partial charge in [0, 0.05) is 35.2 Å². The fourth-order valence-electron chi connectivity index (χ4n) is 3.25. The van der Waals surface area contributed by atoms with Crippen LogP contribution in [0.3, 0.4) is 0 Å². The van der Waals surface area contributed by atoms with Crippen LogP contribution in [0.25, 0.3) is 0 Å². The molecular weight excluding hydrogens is 344 g/mol. The van der Waals surface area contributed by atoms with E-state index in [1.165, 1.54) is 4.90 Å². The van der Waals surface area contributed by atoms with Crippen molar-refractivity contribution in [3.05, 3.63) is 59.7 Å². The number of nitrogens with zero attached hydrogens (tertiary/aromatic N) is 1. The molecule has 2 aromatic rings. The minimum Gasteiger partial charge on any atom is -0.339 e. The van der Waals surface area contributed by atoms with E-state index in [-0.39, 0.29) is 17.7 Å². The van der Waals surface area contributed by atoms with E-state index in [1.54, 1.807) is 11.8 Å². The van der Waals surface area contributed by atoms with Crippen molar-refractivity contribution in [2.45, 2.75) is 24.7 Å². The van der Waals surface area contributed by atoms with Gasteiger partial charge in [-0.1, -0.05) is 18.2 Å². The number of thioether (sulfide) groups is 1. The zero-order chi connectivity index (χ0) is 18.5. The molecule has 5 heteroatoms. The molecule has 1 N–H and O–H groups in total. The number of amides is 2. The number of aryl methyl sites for hydroxylation is 1. The molecule has 3 rings (SSSR count). The lowest BCUT2D eigenvalue weighted by atomic mass is 9.95. The van der Waals surface area contributed by atoms with Gasteiger partial charge in [-0.2, -0.15) is 0 Å². The highest BCUT2D eigenvalue weighted by molar-refractivity contribution is 7.98. The lowest BCUT2D eigenvalue weighted by Gasteiger charge is -2.31.